The molecule has 0 aliphatic carbocycles. The first-order valence-corrected chi connectivity index (χ1v) is 10.3. The van der Waals surface area contributed by atoms with Crippen LogP contribution >= 0.6 is 11.6 Å². The van der Waals surface area contributed by atoms with Gasteiger partial charge >= 0.3 is 0 Å². The number of carbonyl (C=O) groups is 1. The summed E-state index contributed by atoms with van der Waals surface area (Å²) in [5.41, 5.74) is 4.53. The Morgan fingerprint density at radius 3 is 2.72 bits per heavy atom. The van der Waals surface area contributed by atoms with Crippen LogP contribution in [0.2, 0.25) is 5.02 Å². The molecule has 4 rings (SSSR count). The number of ether oxygens (including phenoxy) is 1. The maximum Gasteiger partial charge on any atom is 0.274 e. The monoisotopic (exact) mass is 412 g/mol. The summed E-state index contributed by atoms with van der Waals surface area (Å²) >= 11 is 5.95. The molecule has 1 aliphatic rings. The van der Waals surface area contributed by atoms with E-state index in [1.54, 1.807) is 0 Å². The van der Waals surface area contributed by atoms with Gasteiger partial charge in [0.1, 0.15) is 5.65 Å². The van der Waals surface area contributed by atoms with E-state index in [-0.39, 0.29) is 5.91 Å². The summed E-state index contributed by atoms with van der Waals surface area (Å²) in [7, 11) is 0. The average Bonchev–Trinajstić information content (AvgIpc) is 3.12. The standard InChI is InChI=1S/C22H25ClN4O2/c1-16-3-2-10-27-19(15-24-9-8-17-4-6-18(23)7-5-17)20(25-21(16)27)22(28)26-11-13-29-14-12-26/h2-7,10,24H,8-9,11-15H2,1H3. The zero-order valence-corrected chi connectivity index (χ0v) is 17.3. The quantitative estimate of drug-likeness (QED) is 0.632. The predicted molar refractivity (Wildman–Crippen MR) is 114 cm³/mol. The molecular weight excluding hydrogens is 388 g/mol. The Labute approximate surface area is 175 Å². The molecule has 0 bridgehead atoms. The van der Waals surface area contributed by atoms with E-state index < -0.39 is 0 Å². The molecule has 2 aromatic heterocycles. The number of fused-ring (bicyclic) bond motifs is 1. The Balaban J connectivity index is 1.52. The highest BCUT2D eigenvalue weighted by Crippen LogP contribution is 2.18. The smallest absolute Gasteiger partial charge is 0.274 e. The molecule has 0 spiro atoms. The van der Waals surface area contributed by atoms with Crippen molar-refractivity contribution in [2.75, 3.05) is 32.8 Å². The van der Waals surface area contributed by atoms with Crippen LogP contribution in [0.5, 0.6) is 0 Å². The van der Waals surface area contributed by atoms with E-state index in [1.165, 1.54) is 5.56 Å². The summed E-state index contributed by atoms with van der Waals surface area (Å²) < 4.78 is 7.41. The minimum absolute atomic E-state index is 0.0223. The van der Waals surface area contributed by atoms with E-state index in [0.29, 0.717) is 38.5 Å². The Hall–Kier alpha value is -2.41. The van der Waals surface area contributed by atoms with Gasteiger partial charge in [-0.3, -0.25) is 4.79 Å². The number of carbonyl (C=O) groups excluding carboxylic acids is 1. The third kappa shape index (κ3) is 4.45. The van der Waals surface area contributed by atoms with Crippen LogP contribution in [0.1, 0.15) is 27.3 Å². The van der Waals surface area contributed by atoms with Gasteiger partial charge in [-0.05, 0) is 49.2 Å². The highest BCUT2D eigenvalue weighted by atomic mass is 35.5. The second-order valence-electron chi connectivity index (χ2n) is 7.25. The Morgan fingerprint density at radius 1 is 1.21 bits per heavy atom. The molecular formula is C22H25ClN4O2. The molecule has 1 aromatic carbocycles. The maximum atomic E-state index is 13.1. The van der Waals surface area contributed by atoms with Crippen LogP contribution in [0.15, 0.2) is 42.6 Å². The van der Waals surface area contributed by atoms with Crippen molar-refractivity contribution in [2.45, 2.75) is 19.9 Å². The zero-order valence-electron chi connectivity index (χ0n) is 16.5. The van der Waals surface area contributed by atoms with Crippen molar-refractivity contribution in [3.63, 3.8) is 0 Å². The second-order valence-corrected chi connectivity index (χ2v) is 7.69. The van der Waals surface area contributed by atoms with E-state index in [9.17, 15) is 4.79 Å². The number of aryl methyl sites for hydroxylation is 1. The van der Waals surface area contributed by atoms with Crippen molar-refractivity contribution in [3.05, 3.63) is 70.1 Å². The lowest BCUT2D eigenvalue weighted by molar-refractivity contribution is 0.0298. The number of amides is 1. The fourth-order valence-corrected chi connectivity index (χ4v) is 3.73. The number of aromatic nitrogens is 2. The highest BCUT2D eigenvalue weighted by Gasteiger charge is 2.25. The van der Waals surface area contributed by atoms with Crippen molar-refractivity contribution in [1.29, 1.82) is 0 Å². The maximum absolute atomic E-state index is 13.1. The number of imidazole rings is 1. The molecule has 0 saturated carbocycles. The zero-order chi connectivity index (χ0) is 20.2. The Morgan fingerprint density at radius 2 is 1.97 bits per heavy atom. The molecule has 1 saturated heterocycles. The molecule has 0 unspecified atom stereocenters. The largest absolute Gasteiger partial charge is 0.378 e. The number of hydrogen-bond acceptors (Lipinski definition) is 4. The summed E-state index contributed by atoms with van der Waals surface area (Å²) in [6.45, 7) is 5.75. The normalized spacial score (nSPS) is 14.5. The first-order chi connectivity index (χ1) is 14.1. The fraction of sp³-hybridized carbons (Fsp3) is 0.364. The van der Waals surface area contributed by atoms with Gasteiger partial charge in [0.05, 0.1) is 18.9 Å². The molecule has 6 nitrogen and oxygen atoms in total. The number of halogens is 1. The van der Waals surface area contributed by atoms with E-state index in [1.807, 2.05) is 58.8 Å². The first kappa shape index (κ1) is 19.9. The van der Waals surface area contributed by atoms with E-state index in [2.05, 4.69) is 5.32 Å². The molecule has 1 aliphatic heterocycles. The Bertz CT molecular complexity index is 994. The van der Waals surface area contributed by atoms with Crippen molar-refractivity contribution < 1.29 is 9.53 Å². The van der Waals surface area contributed by atoms with Crippen molar-refractivity contribution >= 4 is 23.2 Å². The van der Waals surface area contributed by atoms with Crippen molar-refractivity contribution in [2.24, 2.45) is 0 Å². The average molecular weight is 413 g/mol. The highest BCUT2D eigenvalue weighted by molar-refractivity contribution is 6.30. The minimum atomic E-state index is -0.0223. The molecule has 0 atom stereocenters. The van der Waals surface area contributed by atoms with Gasteiger partial charge in [0.2, 0.25) is 0 Å². The number of hydrogen-bond donors (Lipinski definition) is 1. The predicted octanol–water partition coefficient (Wildman–Crippen LogP) is 3.10. The molecule has 1 fully saturated rings. The molecule has 1 N–H and O–H groups in total. The topological polar surface area (TPSA) is 58.9 Å². The van der Waals surface area contributed by atoms with Crippen molar-refractivity contribution in [1.82, 2.24) is 19.6 Å². The summed E-state index contributed by atoms with van der Waals surface area (Å²) in [5, 5.41) is 4.22. The van der Waals surface area contributed by atoms with Crippen LogP contribution in [-0.4, -0.2) is 53.0 Å². The minimum Gasteiger partial charge on any atom is -0.378 e. The van der Waals surface area contributed by atoms with Gasteiger partial charge in [0.25, 0.3) is 5.91 Å². The summed E-state index contributed by atoms with van der Waals surface area (Å²) in [5.74, 6) is -0.0223. The lowest BCUT2D eigenvalue weighted by atomic mass is 10.1. The van der Waals surface area contributed by atoms with Gasteiger partial charge < -0.3 is 19.4 Å². The number of nitrogens with zero attached hydrogens (tertiary/aromatic N) is 3. The molecule has 7 heteroatoms. The third-order valence-corrected chi connectivity index (χ3v) is 5.49. The third-order valence-electron chi connectivity index (χ3n) is 5.24. The number of pyridine rings is 1. The van der Waals surface area contributed by atoms with Crippen LogP contribution in [0.4, 0.5) is 0 Å². The van der Waals surface area contributed by atoms with Crippen LogP contribution < -0.4 is 5.32 Å². The number of morpholine rings is 1. The summed E-state index contributed by atoms with van der Waals surface area (Å²) in [4.78, 5) is 19.7. The molecule has 1 amide bonds. The molecule has 3 aromatic rings. The summed E-state index contributed by atoms with van der Waals surface area (Å²) in [6.07, 6.45) is 2.86. The van der Waals surface area contributed by atoms with Gasteiger partial charge in [-0.15, -0.1) is 0 Å². The molecule has 152 valence electrons. The van der Waals surface area contributed by atoms with Crippen LogP contribution in [0, 0.1) is 6.92 Å². The number of rotatable bonds is 6. The van der Waals surface area contributed by atoms with E-state index in [0.717, 1.165) is 34.9 Å². The van der Waals surface area contributed by atoms with E-state index in [4.69, 9.17) is 21.3 Å². The van der Waals surface area contributed by atoms with Crippen LogP contribution in [0.25, 0.3) is 5.65 Å². The SMILES string of the molecule is Cc1cccn2c(CNCCc3ccc(Cl)cc3)c(C(=O)N3CCOCC3)nc12. The van der Waals surface area contributed by atoms with Gasteiger partial charge in [-0.25, -0.2) is 4.98 Å². The number of nitrogens with one attached hydrogen (secondary N) is 1. The van der Waals surface area contributed by atoms with Crippen molar-refractivity contribution in [3.8, 4) is 0 Å². The van der Waals surface area contributed by atoms with E-state index >= 15 is 0 Å². The van der Waals surface area contributed by atoms with Gasteiger partial charge in [0.15, 0.2) is 5.69 Å². The van der Waals surface area contributed by atoms with Crippen LogP contribution in [0.3, 0.4) is 0 Å². The molecule has 3 heterocycles. The van der Waals surface area contributed by atoms with Gasteiger partial charge in [0, 0.05) is 30.9 Å². The number of benzene rings is 1. The Kier molecular flexibility index (Phi) is 6.13. The lowest BCUT2D eigenvalue weighted by Gasteiger charge is -2.26. The molecule has 29 heavy (non-hydrogen) atoms. The second kappa shape index (κ2) is 8.95. The van der Waals surface area contributed by atoms with Gasteiger partial charge in [-0.1, -0.05) is 29.8 Å². The lowest BCUT2D eigenvalue weighted by Crippen LogP contribution is -2.41. The molecule has 0 radical (unpaired) electrons. The van der Waals surface area contributed by atoms with Gasteiger partial charge in [-0.2, -0.15) is 0 Å². The first-order valence-electron chi connectivity index (χ1n) is 9.92. The van der Waals surface area contributed by atoms with Crippen LogP contribution in [-0.2, 0) is 17.7 Å². The fourth-order valence-electron chi connectivity index (χ4n) is 3.60. The summed E-state index contributed by atoms with van der Waals surface area (Å²) in [6, 6.07) is 11.9.